The molecule has 3 N–H and O–H groups in total. The van der Waals surface area contributed by atoms with Gasteiger partial charge in [0.2, 0.25) is 0 Å². The van der Waals surface area contributed by atoms with Gasteiger partial charge >= 0.3 is 0 Å². The lowest BCUT2D eigenvalue weighted by Crippen LogP contribution is -2.18. The molecule has 0 saturated heterocycles. The van der Waals surface area contributed by atoms with Crippen molar-refractivity contribution in [3.05, 3.63) is 48.0 Å². The number of nitrogens with two attached hydrogens (primary N) is 1. The lowest BCUT2D eigenvalue weighted by atomic mass is 10.3. The van der Waals surface area contributed by atoms with Crippen molar-refractivity contribution >= 4 is 11.6 Å². The van der Waals surface area contributed by atoms with E-state index < -0.39 is 5.82 Å². The number of benzene rings is 1. The molecule has 1 heterocycles. The van der Waals surface area contributed by atoms with Crippen LogP contribution in [0.4, 0.5) is 10.1 Å². The fourth-order valence-electron chi connectivity index (χ4n) is 1.45. The van der Waals surface area contributed by atoms with Gasteiger partial charge in [0, 0.05) is 25.4 Å². The van der Waals surface area contributed by atoms with Gasteiger partial charge in [-0.2, -0.15) is 0 Å². The Labute approximate surface area is 109 Å². The Bertz CT molecular complexity index is 617. The number of aromatic nitrogens is 1. The first kappa shape index (κ1) is 12.8. The maximum absolute atomic E-state index is 13.1. The molecule has 1 amide bonds. The number of pyridine rings is 1. The minimum Gasteiger partial charge on any atom is -0.455 e. The standard InChI is InChI=1S/C13H12FN3O2/c1-16-13(18)11-7-9(4-5-17-11)19-12-6-8(14)2-3-10(12)15/h2-7H,15H2,1H3,(H,16,18). The maximum Gasteiger partial charge on any atom is 0.269 e. The SMILES string of the molecule is CNC(=O)c1cc(Oc2cc(F)ccc2N)ccn1. The Hall–Kier alpha value is -2.63. The molecule has 6 heteroatoms. The van der Waals surface area contributed by atoms with Gasteiger partial charge in [-0.3, -0.25) is 9.78 Å². The first-order chi connectivity index (χ1) is 9.10. The minimum atomic E-state index is -0.454. The summed E-state index contributed by atoms with van der Waals surface area (Å²) in [5.74, 6) is -0.248. The molecule has 1 aromatic heterocycles. The van der Waals surface area contributed by atoms with Gasteiger partial charge in [-0.15, -0.1) is 0 Å². The van der Waals surface area contributed by atoms with Gasteiger partial charge in [-0.25, -0.2) is 4.39 Å². The third-order valence-electron chi connectivity index (χ3n) is 2.39. The fraction of sp³-hybridized carbons (Fsp3) is 0.0769. The number of rotatable bonds is 3. The maximum atomic E-state index is 13.1. The zero-order valence-corrected chi connectivity index (χ0v) is 10.2. The van der Waals surface area contributed by atoms with Crippen molar-refractivity contribution in [3.63, 3.8) is 0 Å². The van der Waals surface area contributed by atoms with Crippen LogP contribution in [0.1, 0.15) is 10.5 Å². The van der Waals surface area contributed by atoms with Gasteiger partial charge in [0.15, 0.2) is 5.75 Å². The molecule has 0 saturated carbocycles. The summed E-state index contributed by atoms with van der Waals surface area (Å²) < 4.78 is 18.5. The predicted octanol–water partition coefficient (Wildman–Crippen LogP) is 1.95. The molecule has 0 aliphatic heterocycles. The Balaban J connectivity index is 2.28. The van der Waals surface area contributed by atoms with Crippen molar-refractivity contribution in [1.82, 2.24) is 10.3 Å². The van der Waals surface area contributed by atoms with Crippen LogP contribution in [0.5, 0.6) is 11.5 Å². The van der Waals surface area contributed by atoms with Gasteiger partial charge in [0.1, 0.15) is 17.3 Å². The molecule has 5 nitrogen and oxygen atoms in total. The Morgan fingerprint density at radius 1 is 1.37 bits per heavy atom. The van der Waals surface area contributed by atoms with Crippen LogP contribution in [-0.4, -0.2) is 17.9 Å². The second-order valence-electron chi connectivity index (χ2n) is 3.74. The van der Waals surface area contributed by atoms with Crippen molar-refractivity contribution in [2.75, 3.05) is 12.8 Å². The molecule has 0 radical (unpaired) electrons. The topological polar surface area (TPSA) is 77.2 Å². The van der Waals surface area contributed by atoms with E-state index in [0.717, 1.165) is 0 Å². The second-order valence-corrected chi connectivity index (χ2v) is 3.74. The molecule has 0 atom stereocenters. The second kappa shape index (κ2) is 5.34. The third kappa shape index (κ3) is 2.98. The molecule has 0 aliphatic rings. The number of ether oxygens (including phenoxy) is 1. The molecule has 1 aromatic carbocycles. The van der Waals surface area contributed by atoms with Crippen LogP contribution in [0, 0.1) is 5.82 Å². The van der Waals surface area contributed by atoms with Crippen LogP contribution in [-0.2, 0) is 0 Å². The van der Waals surface area contributed by atoms with E-state index in [1.807, 2.05) is 0 Å². The quantitative estimate of drug-likeness (QED) is 0.828. The largest absolute Gasteiger partial charge is 0.455 e. The number of anilines is 1. The van der Waals surface area contributed by atoms with Crippen LogP contribution < -0.4 is 15.8 Å². The number of carbonyl (C=O) groups is 1. The van der Waals surface area contributed by atoms with E-state index in [1.165, 1.54) is 37.5 Å². The average Bonchev–Trinajstić information content (AvgIpc) is 2.42. The van der Waals surface area contributed by atoms with Crippen molar-refractivity contribution < 1.29 is 13.9 Å². The van der Waals surface area contributed by atoms with Gasteiger partial charge in [0.25, 0.3) is 5.91 Å². The highest BCUT2D eigenvalue weighted by atomic mass is 19.1. The molecule has 0 spiro atoms. The lowest BCUT2D eigenvalue weighted by molar-refractivity contribution is 0.0958. The summed E-state index contributed by atoms with van der Waals surface area (Å²) in [5.41, 5.74) is 6.18. The lowest BCUT2D eigenvalue weighted by Gasteiger charge is -2.09. The summed E-state index contributed by atoms with van der Waals surface area (Å²) in [4.78, 5) is 15.3. The van der Waals surface area contributed by atoms with E-state index in [1.54, 1.807) is 6.07 Å². The number of amides is 1. The van der Waals surface area contributed by atoms with E-state index in [0.29, 0.717) is 11.4 Å². The van der Waals surface area contributed by atoms with E-state index >= 15 is 0 Å². The summed E-state index contributed by atoms with van der Waals surface area (Å²) in [6.07, 6.45) is 1.43. The summed E-state index contributed by atoms with van der Waals surface area (Å²) in [5, 5.41) is 2.45. The minimum absolute atomic E-state index is 0.189. The molecular formula is C13H12FN3O2. The zero-order valence-electron chi connectivity index (χ0n) is 10.2. The van der Waals surface area contributed by atoms with E-state index in [4.69, 9.17) is 10.5 Å². The number of hydrogen-bond donors (Lipinski definition) is 2. The van der Waals surface area contributed by atoms with Crippen molar-refractivity contribution in [3.8, 4) is 11.5 Å². The molecular weight excluding hydrogens is 249 g/mol. The van der Waals surface area contributed by atoms with Crippen molar-refractivity contribution in [2.24, 2.45) is 0 Å². The predicted molar refractivity (Wildman–Crippen MR) is 68.5 cm³/mol. The molecule has 98 valence electrons. The van der Waals surface area contributed by atoms with Crippen molar-refractivity contribution in [2.45, 2.75) is 0 Å². The number of hydrogen-bond acceptors (Lipinski definition) is 4. The molecule has 0 unspecified atom stereocenters. The van der Waals surface area contributed by atoms with Crippen molar-refractivity contribution in [1.29, 1.82) is 0 Å². The molecule has 0 fully saturated rings. The van der Waals surface area contributed by atoms with Crippen LogP contribution in [0.25, 0.3) is 0 Å². The van der Waals surface area contributed by atoms with Gasteiger partial charge in [-0.05, 0) is 18.2 Å². The Kier molecular flexibility index (Phi) is 3.61. The molecule has 2 aromatic rings. The van der Waals surface area contributed by atoms with Crippen LogP contribution >= 0.6 is 0 Å². The summed E-state index contributed by atoms with van der Waals surface area (Å²) in [6.45, 7) is 0. The Morgan fingerprint density at radius 2 is 2.16 bits per heavy atom. The number of nitrogens with one attached hydrogen (secondary N) is 1. The first-order valence-electron chi connectivity index (χ1n) is 5.51. The number of nitrogen functional groups attached to an aromatic ring is 1. The number of nitrogens with zero attached hydrogens (tertiary/aromatic N) is 1. The van der Waals surface area contributed by atoms with E-state index in [2.05, 4.69) is 10.3 Å². The molecule has 2 rings (SSSR count). The molecule has 19 heavy (non-hydrogen) atoms. The van der Waals surface area contributed by atoms with Crippen LogP contribution in [0.15, 0.2) is 36.5 Å². The fourth-order valence-corrected chi connectivity index (χ4v) is 1.45. The zero-order chi connectivity index (χ0) is 13.8. The molecule has 0 bridgehead atoms. The average molecular weight is 261 g/mol. The van der Waals surface area contributed by atoms with E-state index in [9.17, 15) is 9.18 Å². The number of halogens is 1. The van der Waals surface area contributed by atoms with E-state index in [-0.39, 0.29) is 17.4 Å². The summed E-state index contributed by atoms with van der Waals surface area (Å²) in [6, 6.07) is 6.82. The van der Waals surface area contributed by atoms with Crippen LogP contribution in [0.3, 0.4) is 0 Å². The highest BCUT2D eigenvalue weighted by molar-refractivity contribution is 5.92. The van der Waals surface area contributed by atoms with Gasteiger partial charge < -0.3 is 15.8 Å². The van der Waals surface area contributed by atoms with Crippen LogP contribution in [0.2, 0.25) is 0 Å². The smallest absolute Gasteiger partial charge is 0.269 e. The summed E-state index contributed by atoms with van der Waals surface area (Å²) >= 11 is 0. The number of carbonyl (C=O) groups excluding carboxylic acids is 1. The van der Waals surface area contributed by atoms with Gasteiger partial charge in [0.05, 0.1) is 5.69 Å². The highest BCUT2D eigenvalue weighted by Gasteiger charge is 2.08. The monoisotopic (exact) mass is 261 g/mol. The van der Waals surface area contributed by atoms with Gasteiger partial charge in [-0.1, -0.05) is 0 Å². The summed E-state index contributed by atoms with van der Waals surface area (Å²) in [7, 11) is 1.50. The molecule has 0 aliphatic carbocycles. The highest BCUT2D eigenvalue weighted by Crippen LogP contribution is 2.28. The first-order valence-corrected chi connectivity index (χ1v) is 5.51. The normalized spacial score (nSPS) is 10.0. The third-order valence-corrected chi connectivity index (χ3v) is 2.39. The Morgan fingerprint density at radius 3 is 2.89 bits per heavy atom.